The smallest absolute Gasteiger partial charge is 0.129 e. The summed E-state index contributed by atoms with van der Waals surface area (Å²) < 4.78 is 15.4. The topological polar surface area (TPSA) is 50.1 Å². The van der Waals surface area contributed by atoms with Crippen molar-refractivity contribution in [3.05, 3.63) is 52.6 Å². The number of hydrogen-bond acceptors (Lipinski definition) is 3. The Kier molecular flexibility index (Phi) is 4.68. The largest absolute Gasteiger partial charge is 0.384 e. The molecule has 0 fully saturated rings. The van der Waals surface area contributed by atoms with Crippen LogP contribution in [-0.4, -0.2) is 21.4 Å². The Hall–Kier alpha value is -1.72. The number of aromatic nitrogens is 2. The molecule has 2 rings (SSSR count). The number of nitrogens with one attached hydrogen (secondary N) is 1. The van der Waals surface area contributed by atoms with Crippen LogP contribution in [0.25, 0.3) is 0 Å². The standard InChI is InChI=1S/C17H24FN3O/c1-11-6-14(7-12(2)16(11)18)13(3)19-10-17(4,22)15-8-20-21(5)9-15/h6-9,13,19,22H,10H2,1-5H3. The molecule has 0 saturated heterocycles. The first-order valence-electron chi connectivity index (χ1n) is 7.42. The SMILES string of the molecule is Cc1cc(C(C)NCC(C)(O)c2cnn(C)c2)cc(C)c1F. The van der Waals surface area contributed by atoms with Crippen LogP contribution in [0.1, 0.15) is 42.1 Å². The van der Waals surface area contributed by atoms with Crippen LogP contribution < -0.4 is 5.32 Å². The van der Waals surface area contributed by atoms with E-state index in [9.17, 15) is 9.50 Å². The minimum absolute atomic E-state index is 0.0150. The van der Waals surface area contributed by atoms with Crippen LogP contribution in [0.15, 0.2) is 24.5 Å². The molecule has 0 aliphatic rings. The number of halogens is 1. The van der Waals surface area contributed by atoms with E-state index < -0.39 is 5.60 Å². The third-order valence-electron chi connectivity index (χ3n) is 4.04. The minimum Gasteiger partial charge on any atom is -0.384 e. The average molecular weight is 305 g/mol. The lowest BCUT2D eigenvalue weighted by molar-refractivity contribution is 0.0543. The lowest BCUT2D eigenvalue weighted by atomic mass is 9.97. The summed E-state index contributed by atoms with van der Waals surface area (Å²) in [5.74, 6) is -0.154. The summed E-state index contributed by atoms with van der Waals surface area (Å²) in [6.07, 6.45) is 3.47. The molecular formula is C17H24FN3O. The van der Waals surface area contributed by atoms with Crippen molar-refractivity contribution < 1.29 is 9.50 Å². The van der Waals surface area contributed by atoms with Gasteiger partial charge in [0.1, 0.15) is 11.4 Å². The molecule has 120 valence electrons. The van der Waals surface area contributed by atoms with Gasteiger partial charge in [-0.2, -0.15) is 5.10 Å². The Morgan fingerprint density at radius 3 is 2.45 bits per heavy atom. The van der Waals surface area contributed by atoms with E-state index >= 15 is 0 Å². The van der Waals surface area contributed by atoms with Gasteiger partial charge in [-0.1, -0.05) is 12.1 Å². The first kappa shape index (κ1) is 16.6. The van der Waals surface area contributed by atoms with Gasteiger partial charge in [0.2, 0.25) is 0 Å². The highest BCUT2D eigenvalue weighted by atomic mass is 19.1. The van der Waals surface area contributed by atoms with Crippen LogP contribution in [0.5, 0.6) is 0 Å². The van der Waals surface area contributed by atoms with E-state index in [2.05, 4.69) is 10.4 Å². The quantitative estimate of drug-likeness (QED) is 0.893. The molecule has 5 heteroatoms. The Balaban J connectivity index is 2.08. The maximum atomic E-state index is 13.7. The van der Waals surface area contributed by atoms with Crippen molar-refractivity contribution in [2.45, 2.75) is 39.3 Å². The van der Waals surface area contributed by atoms with Crippen molar-refractivity contribution in [3.63, 3.8) is 0 Å². The third kappa shape index (κ3) is 3.54. The highest BCUT2D eigenvalue weighted by Gasteiger charge is 2.25. The first-order chi connectivity index (χ1) is 10.2. The van der Waals surface area contributed by atoms with Gasteiger partial charge in [0.05, 0.1) is 6.20 Å². The number of benzene rings is 1. The van der Waals surface area contributed by atoms with Crippen LogP contribution >= 0.6 is 0 Å². The van der Waals surface area contributed by atoms with Crippen LogP contribution in [0, 0.1) is 19.7 Å². The van der Waals surface area contributed by atoms with Crippen molar-refractivity contribution in [1.29, 1.82) is 0 Å². The zero-order valence-corrected chi connectivity index (χ0v) is 13.8. The molecule has 1 heterocycles. The predicted octanol–water partition coefficient (Wildman–Crippen LogP) is 2.73. The molecule has 2 unspecified atom stereocenters. The van der Waals surface area contributed by atoms with Gasteiger partial charge in [-0.05, 0) is 44.4 Å². The Bertz CT molecular complexity index is 641. The fourth-order valence-corrected chi connectivity index (χ4v) is 2.50. The second-order valence-electron chi connectivity index (χ2n) is 6.25. The van der Waals surface area contributed by atoms with Crippen LogP contribution in [-0.2, 0) is 12.6 Å². The van der Waals surface area contributed by atoms with Gasteiger partial charge < -0.3 is 10.4 Å². The molecule has 2 aromatic rings. The average Bonchev–Trinajstić information content (AvgIpc) is 2.89. The van der Waals surface area contributed by atoms with Gasteiger partial charge in [-0.25, -0.2) is 4.39 Å². The molecular weight excluding hydrogens is 281 g/mol. The Morgan fingerprint density at radius 1 is 1.36 bits per heavy atom. The van der Waals surface area contributed by atoms with Crippen molar-refractivity contribution in [1.82, 2.24) is 15.1 Å². The minimum atomic E-state index is -1.01. The second-order valence-corrected chi connectivity index (χ2v) is 6.25. The van der Waals surface area contributed by atoms with E-state index in [0.717, 1.165) is 11.1 Å². The predicted molar refractivity (Wildman–Crippen MR) is 85.1 cm³/mol. The molecule has 2 atom stereocenters. The van der Waals surface area contributed by atoms with Crippen molar-refractivity contribution >= 4 is 0 Å². The van der Waals surface area contributed by atoms with Gasteiger partial charge in [0.25, 0.3) is 0 Å². The van der Waals surface area contributed by atoms with E-state index in [1.807, 2.05) is 26.1 Å². The van der Waals surface area contributed by atoms with E-state index in [4.69, 9.17) is 0 Å². The van der Waals surface area contributed by atoms with Gasteiger partial charge >= 0.3 is 0 Å². The molecule has 0 bridgehead atoms. The van der Waals surface area contributed by atoms with Crippen LogP contribution in [0.2, 0.25) is 0 Å². The lowest BCUT2D eigenvalue weighted by Crippen LogP contribution is -2.36. The van der Waals surface area contributed by atoms with Crippen molar-refractivity contribution in [2.75, 3.05) is 6.54 Å². The molecule has 0 saturated carbocycles. The Morgan fingerprint density at radius 2 is 1.95 bits per heavy atom. The molecule has 0 radical (unpaired) electrons. The molecule has 1 aromatic carbocycles. The molecule has 0 aliphatic heterocycles. The zero-order chi connectivity index (χ0) is 16.5. The fourth-order valence-electron chi connectivity index (χ4n) is 2.50. The number of aliphatic hydroxyl groups is 1. The molecule has 0 amide bonds. The normalized spacial score (nSPS) is 15.6. The third-order valence-corrected chi connectivity index (χ3v) is 4.04. The van der Waals surface area contributed by atoms with Crippen molar-refractivity contribution in [3.8, 4) is 0 Å². The van der Waals surface area contributed by atoms with Gasteiger partial charge in [-0.15, -0.1) is 0 Å². The summed E-state index contributed by atoms with van der Waals surface area (Å²) in [6.45, 7) is 7.68. The van der Waals surface area contributed by atoms with E-state index in [1.165, 1.54) is 0 Å². The van der Waals surface area contributed by atoms with Crippen molar-refractivity contribution in [2.24, 2.45) is 7.05 Å². The molecule has 0 spiro atoms. The van der Waals surface area contributed by atoms with E-state index in [-0.39, 0.29) is 11.9 Å². The number of hydrogen-bond donors (Lipinski definition) is 2. The maximum Gasteiger partial charge on any atom is 0.129 e. The summed E-state index contributed by atoms with van der Waals surface area (Å²) in [7, 11) is 1.82. The highest BCUT2D eigenvalue weighted by molar-refractivity contribution is 5.32. The zero-order valence-electron chi connectivity index (χ0n) is 13.8. The lowest BCUT2D eigenvalue weighted by Gasteiger charge is -2.25. The number of nitrogens with zero attached hydrogens (tertiary/aromatic N) is 2. The Labute approximate surface area is 131 Å². The van der Waals surface area contributed by atoms with Crippen LogP contribution in [0.3, 0.4) is 0 Å². The summed E-state index contributed by atoms with van der Waals surface area (Å²) in [5.41, 5.74) is 2.05. The summed E-state index contributed by atoms with van der Waals surface area (Å²) in [6, 6.07) is 3.71. The summed E-state index contributed by atoms with van der Waals surface area (Å²) in [4.78, 5) is 0. The molecule has 22 heavy (non-hydrogen) atoms. The first-order valence-corrected chi connectivity index (χ1v) is 7.42. The summed E-state index contributed by atoms with van der Waals surface area (Å²) >= 11 is 0. The number of aryl methyl sites for hydroxylation is 3. The second kappa shape index (κ2) is 6.18. The molecule has 2 N–H and O–H groups in total. The highest BCUT2D eigenvalue weighted by Crippen LogP contribution is 2.23. The van der Waals surface area contributed by atoms with Gasteiger partial charge in [0, 0.05) is 31.4 Å². The van der Waals surface area contributed by atoms with Gasteiger partial charge in [0.15, 0.2) is 0 Å². The fraction of sp³-hybridized carbons (Fsp3) is 0.471. The molecule has 4 nitrogen and oxygen atoms in total. The maximum absolute atomic E-state index is 13.7. The molecule has 0 aliphatic carbocycles. The monoisotopic (exact) mass is 305 g/mol. The van der Waals surface area contributed by atoms with Crippen LogP contribution in [0.4, 0.5) is 4.39 Å². The molecule has 1 aromatic heterocycles. The number of rotatable bonds is 5. The summed E-state index contributed by atoms with van der Waals surface area (Å²) in [5, 5.41) is 18.0. The van der Waals surface area contributed by atoms with Gasteiger partial charge in [-0.3, -0.25) is 4.68 Å². The van der Waals surface area contributed by atoms with E-state index in [0.29, 0.717) is 17.7 Å². The van der Waals surface area contributed by atoms with E-state index in [1.54, 1.807) is 37.8 Å².